The van der Waals surface area contributed by atoms with Crippen molar-refractivity contribution in [3.63, 3.8) is 0 Å². The molecule has 1 aromatic carbocycles. The van der Waals surface area contributed by atoms with Crippen molar-refractivity contribution in [3.8, 4) is 5.75 Å². The Morgan fingerprint density at radius 3 is 2.81 bits per heavy atom. The van der Waals surface area contributed by atoms with Gasteiger partial charge in [-0.3, -0.25) is 4.79 Å². The van der Waals surface area contributed by atoms with Gasteiger partial charge in [0, 0.05) is 17.4 Å². The van der Waals surface area contributed by atoms with Gasteiger partial charge in [-0.15, -0.1) is 0 Å². The molecule has 0 aromatic heterocycles. The fraction of sp³-hybridized carbons (Fsp3) is 0.588. The third kappa shape index (κ3) is 3.25. The van der Waals surface area contributed by atoms with E-state index in [0.29, 0.717) is 18.4 Å². The number of fused-ring (bicyclic) bond motifs is 1. The van der Waals surface area contributed by atoms with Crippen LogP contribution in [0.15, 0.2) is 24.3 Å². The Hall–Kier alpha value is -1.03. The topological polar surface area (TPSA) is 38.3 Å². The highest BCUT2D eigenvalue weighted by Gasteiger charge is 2.31. The van der Waals surface area contributed by atoms with E-state index in [2.05, 4.69) is 21.2 Å². The van der Waals surface area contributed by atoms with E-state index in [1.807, 2.05) is 24.3 Å². The molecule has 3 rings (SSSR count). The van der Waals surface area contributed by atoms with Gasteiger partial charge in [0.1, 0.15) is 18.3 Å². The summed E-state index contributed by atoms with van der Waals surface area (Å²) in [7, 11) is 0. The smallest absolute Gasteiger partial charge is 0.231 e. The molecule has 1 aliphatic heterocycles. The molecule has 0 radical (unpaired) electrons. The number of para-hydroxylation sites is 1. The maximum Gasteiger partial charge on any atom is 0.231 e. The fourth-order valence-electron chi connectivity index (χ4n) is 3.49. The minimum absolute atomic E-state index is 0.110. The van der Waals surface area contributed by atoms with Crippen LogP contribution in [0.25, 0.3) is 0 Å². The van der Waals surface area contributed by atoms with Gasteiger partial charge in [-0.25, -0.2) is 0 Å². The number of ether oxygens (including phenoxy) is 1. The molecule has 0 spiro atoms. The molecule has 1 saturated carbocycles. The number of rotatable bonds is 4. The van der Waals surface area contributed by atoms with Crippen LogP contribution >= 0.6 is 15.9 Å². The maximum absolute atomic E-state index is 12.4. The highest BCUT2D eigenvalue weighted by atomic mass is 79.9. The lowest BCUT2D eigenvalue weighted by atomic mass is 9.80. The van der Waals surface area contributed by atoms with Gasteiger partial charge in [0.05, 0.1) is 0 Å². The first-order chi connectivity index (χ1) is 10.3. The molecule has 21 heavy (non-hydrogen) atoms. The van der Waals surface area contributed by atoms with E-state index in [9.17, 15) is 4.79 Å². The summed E-state index contributed by atoms with van der Waals surface area (Å²) in [5, 5.41) is 4.20. The van der Waals surface area contributed by atoms with Crippen LogP contribution in [0.1, 0.15) is 37.2 Å². The van der Waals surface area contributed by atoms with Crippen molar-refractivity contribution in [2.24, 2.45) is 11.8 Å². The van der Waals surface area contributed by atoms with Crippen LogP contribution in [-0.2, 0) is 4.79 Å². The number of amides is 1. The third-order valence-electron chi connectivity index (χ3n) is 4.82. The molecule has 2 aliphatic rings. The molecular formula is C17H22BrNO2. The number of carbonyl (C=O) groups is 1. The molecule has 0 bridgehead atoms. The van der Waals surface area contributed by atoms with Gasteiger partial charge in [0.2, 0.25) is 5.91 Å². The Balaban J connectivity index is 1.57. The minimum atomic E-state index is -0.146. The van der Waals surface area contributed by atoms with Crippen LogP contribution in [0.4, 0.5) is 0 Å². The van der Waals surface area contributed by atoms with Crippen LogP contribution in [0.5, 0.6) is 5.75 Å². The van der Waals surface area contributed by atoms with E-state index in [-0.39, 0.29) is 11.8 Å². The first-order valence-corrected chi connectivity index (χ1v) is 8.97. The summed E-state index contributed by atoms with van der Waals surface area (Å²) in [6.07, 6.45) is 5.12. The molecule has 1 fully saturated rings. The molecule has 1 aliphatic carbocycles. The van der Waals surface area contributed by atoms with Gasteiger partial charge >= 0.3 is 0 Å². The van der Waals surface area contributed by atoms with E-state index in [0.717, 1.165) is 23.2 Å². The van der Waals surface area contributed by atoms with Crippen molar-refractivity contribution in [2.75, 3.05) is 18.5 Å². The zero-order valence-corrected chi connectivity index (χ0v) is 13.8. The molecule has 1 heterocycles. The first kappa shape index (κ1) is 14.9. The van der Waals surface area contributed by atoms with Gasteiger partial charge in [0.25, 0.3) is 0 Å². The van der Waals surface area contributed by atoms with Crippen molar-refractivity contribution in [2.45, 2.75) is 31.6 Å². The summed E-state index contributed by atoms with van der Waals surface area (Å²) in [5.74, 6) is 2.13. The zero-order chi connectivity index (χ0) is 14.7. The molecule has 0 saturated heterocycles. The molecule has 3 atom stereocenters. The summed E-state index contributed by atoms with van der Waals surface area (Å²) in [6.45, 7) is 1.27. The molecular weight excluding hydrogens is 330 g/mol. The van der Waals surface area contributed by atoms with Gasteiger partial charge in [-0.05, 0) is 30.7 Å². The Bertz CT molecular complexity index is 505. The summed E-state index contributed by atoms with van der Waals surface area (Å²) in [5.41, 5.74) is 1.02. The van der Waals surface area contributed by atoms with E-state index < -0.39 is 0 Å². The van der Waals surface area contributed by atoms with Crippen LogP contribution in [0, 0.1) is 11.8 Å². The van der Waals surface area contributed by atoms with Crippen LogP contribution in [0.3, 0.4) is 0 Å². The number of carbonyl (C=O) groups excluding carboxylic acids is 1. The van der Waals surface area contributed by atoms with Crippen LogP contribution in [-0.4, -0.2) is 24.4 Å². The highest BCUT2D eigenvalue weighted by molar-refractivity contribution is 9.09. The number of nitrogens with one attached hydrogen (secondary N) is 1. The lowest BCUT2D eigenvalue weighted by Gasteiger charge is -2.30. The SMILES string of the molecule is O=C(NCC1CCCCC1CBr)C1COc2ccccc21. The summed E-state index contributed by atoms with van der Waals surface area (Å²) < 4.78 is 5.60. The molecule has 114 valence electrons. The minimum Gasteiger partial charge on any atom is -0.492 e. The zero-order valence-electron chi connectivity index (χ0n) is 12.2. The molecule has 1 N–H and O–H groups in total. The van der Waals surface area contributed by atoms with Crippen molar-refractivity contribution < 1.29 is 9.53 Å². The predicted octanol–water partition coefficient (Wildman–Crippen LogP) is 3.48. The molecule has 1 amide bonds. The van der Waals surface area contributed by atoms with Gasteiger partial charge in [-0.1, -0.05) is 47.0 Å². The number of halogens is 1. The monoisotopic (exact) mass is 351 g/mol. The number of hydrogen-bond acceptors (Lipinski definition) is 2. The summed E-state index contributed by atoms with van der Waals surface area (Å²) >= 11 is 3.61. The van der Waals surface area contributed by atoms with E-state index in [1.165, 1.54) is 25.7 Å². The van der Waals surface area contributed by atoms with Crippen molar-refractivity contribution in [1.29, 1.82) is 0 Å². The van der Waals surface area contributed by atoms with E-state index >= 15 is 0 Å². The average molecular weight is 352 g/mol. The summed E-state index contributed by atoms with van der Waals surface area (Å²) in [4.78, 5) is 12.4. The van der Waals surface area contributed by atoms with E-state index in [1.54, 1.807) is 0 Å². The fourth-order valence-corrected chi connectivity index (χ4v) is 4.34. The van der Waals surface area contributed by atoms with Crippen molar-refractivity contribution >= 4 is 21.8 Å². The number of alkyl halides is 1. The number of benzene rings is 1. The van der Waals surface area contributed by atoms with Gasteiger partial charge in [0.15, 0.2) is 0 Å². The largest absolute Gasteiger partial charge is 0.492 e. The quantitative estimate of drug-likeness (QED) is 0.843. The predicted molar refractivity (Wildman–Crippen MR) is 86.9 cm³/mol. The average Bonchev–Trinajstić information content (AvgIpc) is 2.97. The van der Waals surface area contributed by atoms with Gasteiger partial charge in [-0.2, -0.15) is 0 Å². The standard InChI is InChI=1S/C17H22BrNO2/c18-9-12-5-1-2-6-13(12)10-19-17(20)15-11-21-16-8-4-3-7-14(15)16/h3-4,7-8,12-13,15H,1-2,5-6,9-11H2,(H,19,20). The Morgan fingerprint density at radius 1 is 1.24 bits per heavy atom. The highest BCUT2D eigenvalue weighted by Crippen LogP contribution is 2.34. The molecule has 1 aromatic rings. The first-order valence-electron chi connectivity index (χ1n) is 7.85. The van der Waals surface area contributed by atoms with Crippen molar-refractivity contribution in [1.82, 2.24) is 5.32 Å². The molecule has 3 unspecified atom stereocenters. The lowest BCUT2D eigenvalue weighted by Crippen LogP contribution is -2.37. The number of hydrogen-bond donors (Lipinski definition) is 1. The molecule has 3 nitrogen and oxygen atoms in total. The second-order valence-electron chi connectivity index (χ2n) is 6.11. The molecule has 4 heteroatoms. The Labute approximate surface area is 134 Å². The van der Waals surface area contributed by atoms with E-state index in [4.69, 9.17) is 4.74 Å². The second-order valence-corrected chi connectivity index (χ2v) is 6.75. The van der Waals surface area contributed by atoms with Gasteiger partial charge < -0.3 is 10.1 Å². The Morgan fingerprint density at radius 2 is 2.00 bits per heavy atom. The second kappa shape index (κ2) is 6.82. The third-order valence-corrected chi connectivity index (χ3v) is 5.65. The Kier molecular flexibility index (Phi) is 4.84. The summed E-state index contributed by atoms with van der Waals surface area (Å²) in [6, 6.07) is 7.84. The maximum atomic E-state index is 12.4. The lowest BCUT2D eigenvalue weighted by molar-refractivity contribution is -0.123. The normalized spacial score (nSPS) is 27.8. The van der Waals surface area contributed by atoms with Crippen LogP contribution < -0.4 is 10.1 Å². The van der Waals surface area contributed by atoms with Crippen molar-refractivity contribution in [3.05, 3.63) is 29.8 Å². The van der Waals surface area contributed by atoms with Crippen LogP contribution in [0.2, 0.25) is 0 Å².